The molecule has 20 heavy (non-hydrogen) atoms. The minimum Gasteiger partial charge on any atom is -0.492 e. The van der Waals surface area contributed by atoms with Gasteiger partial charge in [-0.15, -0.1) is 0 Å². The summed E-state index contributed by atoms with van der Waals surface area (Å²) in [6, 6.07) is 13.1. The van der Waals surface area contributed by atoms with Crippen LogP contribution in [-0.4, -0.2) is 29.2 Å². The van der Waals surface area contributed by atoms with Crippen molar-refractivity contribution in [1.29, 1.82) is 0 Å². The normalized spacial score (nSPS) is 18.8. The van der Waals surface area contributed by atoms with Crippen molar-refractivity contribution in [3.05, 3.63) is 53.9 Å². The predicted octanol–water partition coefficient (Wildman–Crippen LogP) is 3.25. The first-order chi connectivity index (χ1) is 9.74. The van der Waals surface area contributed by atoms with Gasteiger partial charge in [0.1, 0.15) is 12.4 Å². The van der Waals surface area contributed by atoms with E-state index >= 15 is 0 Å². The smallest absolute Gasteiger partial charge is 0.119 e. The number of fused-ring (bicyclic) bond motifs is 1. The highest BCUT2D eigenvalue weighted by atomic mass is 16.5. The average Bonchev–Trinajstić information content (AvgIpc) is 2.91. The Hall–Kier alpha value is -1.74. The Bertz CT molecular complexity index is 576. The van der Waals surface area contributed by atoms with Crippen molar-refractivity contribution in [2.24, 2.45) is 0 Å². The quantitative estimate of drug-likeness (QED) is 0.848. The fraction of sp³-hybridized carbons (Fsp3) is 0.412. The molecule has 3 nitrogen and oxygen atoms in total. The number of nitrogens with zero attached hydrogens (tertiary/aromatic N) is 2. The molecule has 0 saturated carbocycles. The number of ether oxygens (including phenoxy) is 1. The molecule has 2 aromatic rings. The molecule has 0 unspecified atom stereocenters. The van der Waals surface area contributed by atoms with Crippen molar-refractivity contribution in [2.45, 2.75) is 26.4 Å². The standard InChI is InChI=1S/C17H22N2O/c1-14-5-3-6-16(13-14)20-12-11-18-9-10-19-8-4-7-17(19)15(18)2/h3-8,13,15H,9-12H2,1-2H3/t15-/m1/s1. The van der Waals surface area contributed by atoms with Gasteiger partial charge >= 0.3 is 0 Å². The Kier molecular flexibility index (Phi) is 3.79. The van der Waals surface area contributed by atoms with Gasteiger partial charge in [0, 0.05) is 37.6 Å². The molecule has 0 fully saturated rings. The van der Waals surface area contributed by atoms with Crippen LogP contribution >= 0.6 is 0 Å². The van der Waals surface area contributed by atoms with Gasteiger partial charge in [-0.05, 0) is 43.7 Å². The lowest BCUT2D eigenvalue weighted by Crippen LogP contribution is -2.38. The molecular formula is C17H22N2O. The van der Waals surface area contributed by atoms with Crippen molar-refractivity contribution >= 4 is 0 Å². The largest absolute Gasteiger partial charge is 0.492 e. The van der Waals surface area contributed by atoms with Gasteiger partial charge in [0.05, 0.1) is 0 Å². The summed E-state index contributed by atoms with van der Waals surface area (Å²) in [6.07, 6.45) is 2.17. The second kappa shape index (κ2) is 5.71. The molecule has 1 aromatic carbocycles. The summed E-state index contributed by atoms with van der Waals surface area (Å²) in [5.74, 6) is 0.970. The summed E-state index contributed by atoms with van der Waals surface area (Å²) < 4.78 is 8.21. The minimum absolute atomic E-state index is 0.472. The van der Waals surface area contributed by atoms with E-state index in [4.69, 9.17) is 4.74 Å². The number of rotatable bonds is 4. The summed E-state index contributed by atoms with van der Waals surface area (Å²) in [5.41, 5.74) is 2.65. The maximum absolute atomic E-state index is 5.86. The van der Waals surface area contributed by atoms with E-state index in [2.05, 4.69) is 53.8 Å². The average molecular weight is 270 g/mol. The monoisotopic (exact) mass is 270 g/mol. The van der Waals surface area contributed by atoms with Crippen molar-refractivity contribution < 1.29 is 4.74 Å². The Morgan fingerprint density at radius 2 is 2.10 bits per heavy atom. The van der Waals surface area contributed by atoms with E-state index in [0.29, 0.717) is 6.04 Å². The van der Waals surface area contributed by atoms with Crippen molar-refractivity contribution in [3.8, 4) is 5.75 Å². The molecule has 2 heterocycles. The van der Waals surface area contributed by atoms with Crippen LogP contribution in [0, 0.1) is 6.92 Å². The third kappa shape index (κ3) is 2.73. The van der Waals surface area contributed by atoms with E-state index in [1.807, 2.05) is 12.1 Å². The molecule has 3 heteroatoms. The third-order valence-corrected chi connectivity index (χ3v) is 4.11. The van der Waals surface area contributed by atoms with Crippen LogP contribution in [0.1, 0.15) is 24.2 Å². The Morgan fingerprint density at radius 1 is 1.20 bits per heavy atom. The van der Waals surface area contributed by atoms with Crippen molar-refractivity contribution in [1.82, 2.24) is 9.47 Å². The molecular weight excluding hydrogens is 248 g/mol. The summed E-state index contributed by atoms with van der Waals surface area (Å²) >= 11 is 0. The van der Waals surface area contributed by atoms with Gasteiger partial charge in [-0.25, -0.2) is 0 Å². The first-order valence-corrected chi connectivity index (χ1v) is 7.32. The molecule has 0 aliphatic carbocycles. The van der Waals surface area contributed by atoms with Gasteiger partial charge in [0.2, 0.25) is 0 Å². The summed E-state index contributed by atoms with van der Waals surface area (Å²) in [6.45, 7) is 8.26. The highest BCUT2D eigenvalue weighted by molar-refractivity contribution is 5.27. The molecule has 0 saturated heterocycles. The second-order valence-corrected chi connectivity index (χ2v) is 5.50. The van der Waals surface area contributed by atoms with E-state index < -0.39 is 0 Å². The Labute approximate surface area is 120 Å². The van der Waals surface area contributed by atoms with Crippen LogP contribution in [0.5, 0.6) is 5.75 Å². The van der Waals surface area contributed by atoms with Gasteiger partial charge in [0.15, 0.2) is 0 Å². The van der Waals surface area contributed by atoms with Crippen LogP contribution in [-0.2, 0) is 6.54 Å². The zero-order chi connectivity index (χ0) is 13.9. The van der Waals surface area contributed by atoms with Gasteiger partial charge in [0.25, 0.3) is 0 Å². The van der Waals surface area contributed by atoms with E-state index in [9.17, 15) is 0 Å². The Morgan fingerprint density at radius 3 is 2.95 bits per heavy atom. The summed E-state index contributed by atoms with van der Waals surface area (Å²) in [4.78, 5) is 2.49. The summed E-state index contributed by atoms with van der Waals surface area (Å²) in [5, 5.41) is 0. The molecule has 1 atom stereocenters. The molecule has 0 spiro atoms. The number of hydrogen-bond donors (Lipinski definition) is 0. The van der Waals surface area contributed by atoms with Crippen LogP contribution in [0.25, 0.3) is 0 Å². The maximum atomic E-state index is 5.86. The van der Waals surface area contributed by atoms with Crippen molar-refractivity contribution in [3.63, 3.8) is 0 Å². The lowest BCUT2D eigenvalue weighted by Gasteiger charge is -2.34. The van der Waals surface area contributed by atoms with Gasteiger partial charge in [-0.1, -0.05) is 12.1 Å². The van der Waals surface area contributed by atoms with Gasteiger partial charge in [-0.2, -0.15) is 0 Å². The molecule has 0 radical (unpaired) electrons. The lowest BCUT2D eigenvalue weighted by molar-refractivity contribution is 0.139. The van der Waals surface area contributed by atoms with Crippen LogP contribution in [0.15, 0.2) is 42.6 Å². The fourth-order valence-corrected chi connectivity index (χ4v) is 2.92. The Balaban J connectivity index is 1.55. The second-order valence-electron chi connectivity index (χ2n) is 5.50. The fourth-order valence-electron chi connectivity index (χ4n) is 2.92. The first-order valence-electron chi connectivity index (χ1n) is 7.32. The number of hydrogen-bond acceptors (Lipinski definition) is 2. The predicted molar refractivity (Wildman–Crippen MR) is 81.1 cm³/mol. The number of aryl methyl sites for hydroxylation is 1. The first kappa shape index (κ1) is 13.3. The highest BCUT2D eigenvalue weighted by Crippen LogP contribution is 2.24. The number of aromatic nitrogens is 1. The van der Waals surface area contributed by atoms with E-state index in [1.54, 1.807) is 0 Å². The zero-order valence-corrected chi connectivity index (χ0v) is 12.2. The molecule has 106 valence electrons. The molecule has 1 aromatic heterocycles. The zero-order valence-electron chi connectivity index (χ0n) is 12.2. The van der Waals surface area contributed by atoms with Gasteiger partial charge in [-0.3, -0.25) is 4.90 Å². The summed E-state index contributed by atoms with van der Waals surface area (Å²) in [7, 11) is 0. The lowest BCUT2D eigenvalue weighted by atomic mass is 10.1. The third-order valence-electron chi connectivity index (χ3n) is 4.11. The minimum atomic E-state index is 0.472. The number of benzene rings is 1. The van der Waals surface area contributed by atoms with E-state index in [0.717, 1.165) is 32.0 Å². The van der Waals surface area contributed by atoms with Crippen LogP contribution < -0.4 is 4.74 Å². The molecule has 0 bridgehead atoms. The van der Waals surface area contributed by atoms with Crippen molar-refractivity contribution in [2.75, 3.05) is 19.7 Å². The molecule has 1 aliphatic heterocycles. The topological polar surface area (TPSA) is 17.4 Å². The SMILES string of the molecule is Cc1cccc(OCCN2CCn3cccc3[C@H]2C)c1. The van der Waals surface area contributed by atoms with Crippen LogP contribution in [0.2, 0.25) is 0 Å². The highest BCUT2D eigenvalue weighted by Gasteiger charge is 2.22. The maximum Gasteiger partial charge on any atom is 0.119 e. The van der Waals surface area contributed by atoms with E-state index in [1.165, 1.54) is 11.3 Å². The molecule has 1 aliphatic rings. The molecule has 0 N–H and O–H groups in total. The van der Waals surface area contributed by atoms with Crippen LogP contribution in [0.4, 0.5) is 0 Å². The van der Waals surface area contributed by atoms with E-state index in [-0.39, 0.29) is 0 Å². The molecule has 0 amide bonds. The van der Waals surface area contributed by atoms with Crippen LogP contribution in [0.3, 0.4) is 0 Å². The molecule has 3 rings (SSSR count). The van der Waals surface area contributed by atoms with Gasteiger partial charge < -0.3 is 9.30 Å².